The molecular weight excluding hydrogens is 231 g/mol. The number of rotatable bonds is 4. The first-order valence-electron chi connectivity index (χ1n) is 6.39. The molecule has 1 unspecified atom stereocenters. The van der Waals surface area contributed by atoms with Crippen molar-refractivity contribution < 1.29 is 9.50 Å². The number of nitrogens with zero attached hydrogens (tertiary/aromatic N) is 2. The van der Waals surface area contributed by atoms with E-state index < -0.39 is 0 Å². The van der Waals surface area contributed by atoms with E-state index in [0.29, 0.717) is 17.2 Å². The van der Waals surface area contributed by atoms with Crippen molar-refractivity contribution in [2.45, 2.75) is 13.0 Å². The summed E-state index contributed by atoms with van der Waals surface area (Å²) >= 11 is 0. The molecule has 0 bridgehead atoms. The van der Waals surface area contributed by atoms with E-state index in [-0.39, 0.29) is 12.4 Å². The quantitative estimate of drug-likeness (QED) is 0.883. The van der Waals surface area contributed by atoms with Crippen molar-refractivity contribution >= 4 is 5.69 Å². The fourth-order valence-corrected chi connectivity index (χ4v) is 2.62. The van der Waals surface area contributed by atoms with E-state index in [1.807, 2.05) is 11.9 Å². The van der Waals surface area contributed by atoms with Crippen LogP contribution in [0.4, 0.5) is 10.1 Å². The van der Waals surface area contributed by atoms with E-state index in [9.17, 15) is 4.39 Å². The number of anilines is 1. The predicted octanol–water partition coefficient (Wildman–Crippen LogP) is 1.71. The summed E-state index contributed by atoms with van der Waals surface area (Å²) in [6.45, 7) is 2.97. The van der Waals surface area contributed by atoms with Gasteiger partial charge in [0.2, 0.25) is 0 Å². The first-order chi connectivity index (χ1) is 8.60. The minimum atomic E-state index is -0.254. The minimum Gasteiger partial charge on any atom is -0.392 e. The molecule has 1 heterocycles. The molecule has 3 nitrogen and oxygen atoms in total. The molecule has 1 aliphatic rings. The molecule has 1 atom stereocenters. The second kappa shape index (κ2) is 5.67. The van der Waals surface area contributed by atoms with Crippen molar-refractivity contribution in [2.75, 3.05) is 38.6 Å². The van der Waals surface area contributed by atoms with Crippen molar-refractivity contribution in [3.8, 4) is 0 Å². The first-order valence-corrected chi connectivity index (χ1v) is 6.39. The van der Waals surface area contributed by atoms with Crippen molar-refractivity contribution in [3.63, 3.8) is 0 Å². The van der Waals surface area contributed by atoms with Gasteiger partial charge in [-0.3, -0.25) is 0 Å². The monoisotopic (exact) mass is 252 g/mol. The summed E-state index contributed by atoms with van der Waals surface area (Å²) in [5.74, 6) is 0.354. The van der Waals surface area contributed by atoms with Crippen LogP contribution in [0.2, 0.25) is 0 Å². The summed E-state index contributed by atoms with van der Waals surface area (Å²) < 4.78 is 13.9. The van der Waals surface area contributed by atoms with E-state index in [4.69, 9.17) is 5.11 Å². The Morgan fingerprint density at radius 3 is 2.83 bits per heavy atom. The van der Waals surface area contributed by atoms with E-state index in [1.165, 1.54) is 12.5 Å². The third-order valence-electron chi connectivity index (χ3n) is 3.63. The molecule has 0 amide bonds. The van der Waals surface area contributed by atoms with Crippen LogP contribution in [0.3, 0.4) is 0 Å². The molecule has 1 fully saturated rings. The summed E-state index contributed by atoms with van der Waals surface area (Å²) in [7, 11) is 4.05. The largest absolute Gasteiger partial charge is 0.392 e. The average molecular weight is 252 g/mol. The highest BCUT2D eigenvalue weighted by atomic mass is 19.1. The van der Waals surface area contributed by atoms with Crippen molar-refractivity contribution in [2.24, 2.45) is 5.92 Å². The Labute approximate surface area is 108 Å². The molecule has 100 valence electrons. The second-order valence-corrected chi connectivity index (χ2v) is 5.24. The molecule has 2 rings (SSSR count). The maximum absolute atomic E-state index is 13.9. The van der Waals surface area contributed by atoms with Gasteiger partial charge in [-0.15, -0.1) is 0 Å². The summed E-state index contributed by atoms with van der Waals surface area (Å²) in [5.41, 5.74) is 1.23. The van der Waals surface area contributed by atoms with Crippen LogP contribution in [-0.2, 0) is 6.61 Å². The number of likely N-dealkylation sites (tertiary alicyclic amines) is 1. The van der Waals surface area contributed by atoms with Crippen molar-refractivity contribution in [3.05, 3.63) is 29.6 Å². The molecule has 0 radical (unpaired) electrons. The maximum Gasteiger partial charge on any atom is 0.146 e. The van der Waals surface area contributed by atoms with Crippen LogP contribution in [-0.4, -0.2) is 43.7 Å². The van der Waals surface area contributed by atoms with Gasteiger partial charge in [-0.05, 0) is 43.6 Å². The Bertz CT molecular complexity index is 411. The van der Waals surface area contributed by atoms with Crippen LogP contribution in [0.5, 0.6) is 0 Å². The number of hydrogen-bond acceptors (Lipinski definition) is 3. The predicted molar refractivity (Wildman–Crippen MR) is 71.2 cm³/mol. The SMILES string of the molecule is CN1CCC(CN(C)c2ccc(CO)cc2F)C1. The highest BCUT2D eigenvalue weighted by molar-refractivity contribution is 5.48. The molecule has 0 saturated carbocycles. The first kappa shape index (κ1) is 13.3. The van der Waals surface area contributed by atoms with Gasteiger partial charge < -0.3 is 14.9 Å². The van der Waals surface area contributed by atoms with Gasteiger partial charge in [0.15, 0.2) is 0 Å². The van der Waals surface area contributed by atoms with Gasteiger partial charge in [-0.25, -0.2) is 4.39 Å². The number of benzene rings is 1. The van der Waals surface area contributed by atoms with E-state index in [2.05, 4.69) is 11.9 Å². The zero-order valence-corrected chi connectivity index (χ0v) is 11.1. The third-order valence-corrected chi connectivity index (χ3v) is 3.63. The van der Waals surface area contributed by atoms with Crippen LogP contribution in [0.15, 0.2) is 18.2 Å². The van der Waals surface area contributed by atoms with Crippen molar-refractivity contribution in [1.82, 2.24) is 4.90 Å². The second-order valence-electron chi connectivity index (χ2n) is 5.24. The van der Waals surface area contributed by atoms with Crippen LogP contribution >= 0.6 is 0 Å². The van der Waals surface area contributed by atoms with Gasteiger partial charge in [0, 0.05) is 20.1 Å². The van der Waals surface area contributed by atoms with Gasteiger partial charge in [-0.1, -0.05) is 6.07 Å². The van der Waals surface area contributed by atoms with E-state index >= 15 is 0 Å². The van der Waals surface area contributed by atoms with Gasteiger partial charge in [0.25, 0.3) is 0 Å². The number of halogens is 1. The topological polar surface area (TPSA) is 26.7 Å². The number of hydrogen-bond donors (Lipinski definition) is 1. The standard InChI is InChI=1S/C14H21FN2O/c1-16-6-5-12(8-16)9-17(2)14-4-3-11(10-18)7-13(14)15/h3-4,7,12,18H,5-6,8-10H2,1-2H3. The van der Waals surface area contributed by atoms with Crippen LogP contribution in [0.25, 0.3) is 0 Å². The molecule has 4 heteroatoms. The molecule has 0 aromatic heterocycles. The Morgan fingerprint density at radius 2 is 2.28 bits per heavy atom. The number of aliphatic hydroxyl groups is 1. The molecule has 1 aromatic rings. The highest BCUT2D eigenvalue weighted by Crippen LogP contribution is 2.23. The fraction of sp³-hybridized carbons (Fsp3) is 0.571. The molecule has 18 heavy (non-hydrogen) atoms. The molecule has 0 spiro atoms. The Kier molecular flexibility index (Phi) is 4.19. The normalized spacial score (nSPS) is 20.3. The van der Waals surface area contributed by atoms with Crippen LogP contribution in [0, 0.1) is 11.7 Å². The molecule has 1 N–H and O–H groups in total. The summed E-state index contributed by atoms with van der Waals surface area (Å²) in [5, 5.41) is 8.96. The van der Waals surface area contributed by atoms with E-state index in [1.54, 1.807) is 12.1 Å². The lowest BCUT2D eigenvalue weighted by molar-refractivity contribution is 0.281. The highest BCUT2D eigenvalue weighted by Gasteiger charge is 2.21. The van der Waals surface area contributed by atoms with Gasteiger partial charge >= 0.3 is 0 Å². The molecular formula is C14H21FN2O. The van der Waals surface area contributed by atoms with Crippen molar-refractivity contribution in [1.29, 1.82) is 0 Å². The van der Waals surface area contributed by atoms with Gasteiger partial charge in [-0.2, -0.15) is 0 Å². The summed E-state index contributed by atoms with van der Waals surface area (Å²) in [6.07, 6.45) is 1.18. The maximum atomic E-state index is 13.9. The van der Waals surface area contributed by atoms with Crippen LogP contribution in [0.1, 0.15) is 12.0 Å². The molecule has 1 saturated heterocycles. The Morgan fingerprint density at radius 1 is 1.50 bits per heavy atom. The van der Waals surface area contributed by atoms with E-state index in [0.717, 1.165) is 19.6 Å². The average Bonchev–Trinajstić information content (AvgIpc) is 2.74. The molecule has 1 aliphatic heterocycles. The Hall–Kier alpha value is -1.13. The number of aliphatic hydroxyl groups excluding tert-OH is 1. The lowest BCUT2D eigenvalue weighted by atomic mass is 10.1. The minimum absolute atomic E-state index is 0.117. The van der Waals surface area contributed by atoms with Crippen LogP contribution < -0.4 is 4.90 Å². The lowest BCUT2D eigenvalue weighted by Crippen LogP contribution is -2.27. The molecule has 0 aliphatic carbocycles. The zero-order chi connectivity index (χ0) is 13.1. The third kappa shape index (κ3) is 3.00. The fourth-order valence-electron chi connectivity index (χ4n) is 2.62. The zero-order valence-electron chi connectivity index (χ0n) is 11.1. The summed E-state index contributed by atoms with van der Waals surface area (Å²) in [4.78, 5) is 4.28. The van der Waals surface area contributed by atoms with Gasteiger partial charge in [0.1, 0.15) is 5.82 Å². The smallest absolute Gasteiger partial charge is 0.146 e. The summed E-state index contributed by atoms with van der Waals surface area (Å²) in [6, 6.07) is 4.93. The Balaban J connectivity index is 2.02. The van der Waals surface area contributed by atoms with Gasteiger partial charge in [0.05, 0.1) is 12.3 Å². The molecule has 1 aromatic carbocycles. The lowest BCUT2D eigenvalue weighted by Gasteiger charge is -2.23.